The third-order valence-electron chi connectivity index (χ3n) is 1.49. The van der Waals surface area contributed by atoms with Gasteiger partial charge in [0, 0.05) is 8.56 Å². The van der Waals surface area contributed by atoms with Crippen molar-refractivity contribution in [1.29, 1.82) is 0 Å². The Morgan fingerprint density at radius 2 is 0.812 bits per heavy atom. The smallest absolute Gasteiger partial charge is 0.854 e. The summed E-state index contributed by atoms with van der Waals surface area (Å²) in [6, 6.07) is 0. The molecule has 0 bridgehead atoms. The van der Waals surface area contributed by atoms with Crippen LogP contribution in [-0.4, -0.2) is 44.2 Å². The van der Waals surface area contributed by atoms with E-state index in [1.807, 2.05) is 20.8 Å². The molecule has 0 saturated carbocycles. The summed E-state index contributed by atoms with van der Waals surface area (Å²) in [6.45, 7) is 6.32. The van der Waals surface area contributed by atoms with Crippen LogP contribution in [0.15, 0.2) is 0 Å². The van der Waals surface area contributed by atoms with Crippen molar-refractivity contribution in [3.8, 4) is 0 Å². The van der Waals surface area contributed by atoms with Gasteiger partial charge in [-0.15, -0.1) is 19.8 Å². The molecule has 0 aromatic carbocycles. The average Bonchev–Trinajstić information content (AvgIpc) is 2.23. The second-order valence-electron chi connectivity index (χ2n) is 3.17. The minimum Gasteiger partial charge on any atom is -0.854 e. The van der Waals surface area contributed by atoms with E-state index in [1.54, 1.807) is 0 Å². The zero-order chi connectivity index (χ0) is 12.4. The maximum absolute atomic E-state index is 9.53. The Balaban J connectivity index is -0.0000000106. The summed E-state index contributed by atoms with van der Waals surface area (Å²) >= 11 is 0. The van der Waals surface area contributed by atoms with Gasteiger partial charge in [-0.05, 0) is 0 Å². The number of hydrogen-bond acceptors (Lipinski definition) is 3. The van der Waals surface area contributed by atoms with E-state index in [0.717, 1.165) is 38.5 Å². The third-order valence-corrected chi connectivity index (χ3v) is 1.49. The van der Waals surface area contributed by atoms with E-state index in [0.29, 0.717) is 0 Å². The van der Waals surface area contributed by atoms with Gasteiger partial charge in [-0.1, -0.05) is 59.3 Å². The number of unbranched alkanes of at least 4 members (excludes halogenated alkanes) is 3. The van der Waals surface area contributed by atoms with E-state index in [2.05, 4.69) is 0 Å². The van der Waals surface area contributed by atoms with E-state index in [-0.39, 0.29) is 52.8 Å². The molecule has 0 rings (SSSR count). The van der Waals surface area contributed by atoms with Crippen molar-refractivity contribution in [2.75, 3.05) is 19.8 Å². The summed E-state index contributed by atoms with van der Waals surface area (Å²) in [5.74, 6) is 0. The van der Waals surface area contributed by atoms with Crippen molar-refractivity contribution in [2.45, 2.75) is 59.3 Å². The van der Waals surface area contributed by atoms with E-state index in [1.165, 1.54) is 0 Å². The summed E-state index contributed by atoms with van der Waals surface area (Å²) in [6.07, 6.45) is 5.59. The fourth-order valence-corrected chi connectivity index (χ4v) is 0.433. The molecule has 110 valence electrons. The fraction of sp³-hybridized carbons (Fsp3) is 1.00. The van der Waals surface area contributed by atoms with Gasteiger partial charge in [-0.3, -0.25) is 0 Å². The molecule has 0 aromatic heterocycles. The molecule has 0 N–H and O–H groups in total. The van der Waals surface area contributed by atoms with Crippen molar-refractivity contribution < 1.29 is 23.9 Å². The molecule has 0 amide bonds. The second-order valence-corrected chi connectivity index (χ2v) is 3.17. The van der Waals surface area contributed by atoms with Gasteiger partial charge in [0.25, 0.3) is 0 Å². The second kappa shape index (κ2) is 36.1. The van der Waals surface area contributed by atoms with Crippen LogP contribution in [0, 0.1) is 0 Å². The average molecular weight is 353 g/mol. The predicted molar refractivity (Wildman–Crippen MR) is 77.8 cm³/mol. The molecule has 0 heterocycles. The van der Waals surface area contributed by atoms with E-state index < -0.39 is 0 Å². The van der Waals surface area contributed by atoms with E-state index >= 15 is 0 Å². The van der Waals surface area contributed by atoms with E-state index in [9.17, 15) is 15.3 Å². The van der Waals surface area contributed by atoms with Gasteiger partial charge >= 0.3 is 24.4 Å². The first-order chi connectivity index (χ1) is 7.24. The summed E-state index contributed by atoms with van der Waals surface area (Å²) in [7, 11) is 0. The molecular formula is C12H39O3Sb. The Hall–Kier alpha value is 0.698. The van der Waals surface area contributed by atoms with Crippen LogP contribution < -0.4 is 15.3 Å². The Bertz CT molecular complexity index is 71.6. The summed E-state index contributed by atoms with van der Waals surface area (Å²) < 4.78 is 0. The maximum atomic E-state index is 9.53. The van der Waals surface area contributed by atoms with Crippen LogP contribution in [0.25, 0.3) is 0 Å². The molecule has 0 unspecified atom stereocenters. The first-order valence-electron chi connectivity index (χ1n) is 5.99. The molecule has 0 aliphatic heterocycles. The van der Waals surface area contributed by atoms with Crippen molar-refractivity contribution in [3.05, 3.63) is 0 Å². The zero-order valence-electron chi connectivity index (χ0n) is 11.0. The Morgan fingerprint density at radius 3 is 0.812 bits per heavy atom. The van der Waals surface area contributed by atoms with Gasteiger partial charge in [0.05, 0.1) is 0 Å². The number of rotatable bonds is 6. The minimum absolute atomic E-state index is 0. The number of hydrogen-bond donors (Lipinski definition) is 0. The third kappa shape index (κ3) is 61.5. The van der Waals surface area contributed by atoms with Gasteiger partial charge in [0.1, 0.15) is 0 Å². The van der Waals surface area contributed by atoms with Crippen molar-refractivity contribution in [2.24, 2.45) is 0 Å². The van der Waals surface area contributed by atoms with Crippen LogP contribution in [0.1, 0.15) is 67.9 Å². The van der Waals surface area contributed by atoms with Gasteiger partial charge in [-0.25, -0.2) is 0 Å². The van der Waals surface area contributed by atoms with Crippen LogP contribution in [0.5, 0.6) is 0 Å². The molecule has 4 heteroatoms. The molecular weight excluding hydrogens is 314 g/mol. The quantitative estimate of drug-likeness (QED) is 0.680. The summed E-state index contributed by atoms with van der Waals surface area (Å²) in [5, 5.41) is 28.6. The topological polar surface area (TPSA) is 69.2 Å². The standard InChI is InChI=1S/3C4H9O.Sb.6H2/c3*1-2-3-4-5;;;;;;;/h3*2-4H2,1H3;;6*1H/q3*-1;+3;;;;;;. The van der Waals surface area contributed by atoms with Crippen molar-refractivity contribution in [1.82, 2.24) is 0 Å². The van der Waals surface area contributed by atoms with Crippen molar-refractivity contribution >= 4 is 24.4 Å². The maximum Gasteiger partial charge on any atom is 3.00 e. The Morgan fingerprint density at radius 1 is 0.625 bits per heavy atom. The molecule has 0 atom stereocenters. The molecule has 16 heavy (non-hydrogen) atoms. The first kappa shape index (κ1) is 25.5. The molecule has 0 aliphatic rings. The minimum atomic E-state index is 0. The molecule has 0 saturated heterocycles. The normalized spacial score (nSPS) is 7.88. The first-order valence-corrected chi connectivity index (χ1v) is 5.99. The van der Waals surface area contributed by atoms with Crippen LogP contribution in [0.3, 0.4) is 0 Å². The van der Waals surface area contributed by atoms with Crippen molar-refractivity contribution in [3.63, 3.8) is 0 Å². The van der Waals surface area contributed by atoms with Gasteiger partial charge in [-0.2, -0.15) is 0 Å². The zero-order valence-corrected chi connectivity index (χ0v) is 13.6. The molecule has 0 aromatic rings. The fourth-order valence-electron chi connectivity index (χ4n) is 0.433. The monoisotopic (exact) mass is 352 g/mol. The molecule has 3 nitrogen and oxygen atoms in total. The SMILES string of the molecule is CCCC[O-].CCCC[O-].CCCC[O-].[HH].[HH].[HH].[HH].[HH].[HH].[Sb+3]. The predicted octanol–water partition coefficient (Wildman–Crippen LogP) is 1.54. The molecule has 0 fully saturated rings. The van der Waals surface area contributed by atoms with Crippen LogP contribution >= 0.6 is 0 Å². The van der Waals surface area contributed by atoms with Gasteiger partial charge < -0.3 is 15.3 Å². The largest absolute Gasteiger partial charge is 3.00 e. The Kier molecular flexibility index (Phi) is 57.5. The molecule has 0 spiro atoms. The molecule has 2 radical (unpaired) electrons. The van der Waals surface area contributed by atoms with Crippen LogP contribution in [0.2, 0.25) is 0 Å². The summed E-state index contributed by atoms with van der Waals surface area (Å²) in [4.78, 5) is 0. The van der Waals surface area contributed by atoms with Crippen LogP contribution in [0.4, 0.5) is 0 Å². The van der Waals surface area contributed by atoms with Gasteiger partial charge in [0.15, 0.2) is 0 Å². The van der Waals surface area contributed by atoms with Crippen LogP contribution in [-0.2, 0) is 0 Å². The Labute approximate surface area is 128 Å². The van der Waals surface area contributed by atoms with Gasteiger partial charge in [0.2, 0.25) is 0 Å². The molecule has 0 aliphatic carbocycles. The van der Waals surface area contributed by atoms with E-state index in [4.69, 9.17) is 0 Å². The summed E-state index contributed by atoms with van der Waals surface area (Å²) in [5.41, 5.74) is 0.